The van der Waals surface area contributed by atoms with Crippen molar-refractivity contribution in [1.82, 2.24) is 14.9 Å². The Morgan fingerprint density at radius 1 is 1.19 bits per heavy atom. The van der Waals surface area contributed by atoms with Gasteiger partial charge in [-0.3, -0.25) is 4.79 Å². The van der Waals surface area contributed by atoms with E-state index in [4.69, 9.17) is 4.74 Å². The summed E-state index contributed by atoms with van der Waals surface area (Å²) in [6.45, 7) is 3.66. The largest absolute Gasteiger partial charge is 0.461 e. The second kappa shape index (κ2) is 6.78. The lowest BCUT2D eigenvalue weighted by molar-refractivity contribution is 0.0519. The van der Waals surface area contributed by atoms with E-state index < -0.39 is 5.97 Å². The van der Waals surface area contributed by atoms with Crippen LogP contribution in [-0.4, -0.2) is 46.4 Å². The molecule has 6 heteroatoms. The number of nitrogens with zero attached hydrogens (tertiary/aromatic N) is 2. The summed E-state index contributed by atoms with van der Waals surface area (Å²) < 4.78 is 5.05. The molecule has 0 aliphatic carbocycles. The van der Waals surface area contributed by atoms with Gasteiger partial charge in [0.15, 0.2) is 0 Å². The van der Waals surface area contributed by atoms with E-state index in [2.05, 4.69) is 9.97 Å². The van der Waals surface area contributed by atoms with Crippen LogP contribution in [0.2, 0.25) is 0 Å². The zero-order valence-corrected chi connectivity index (χ0v) is 14.7. The predicted molar refractivity (Wildman–Crippen MR) is 99.3 cm³/mol. The van der Waals surface area contributed by atoms with Gasteiger partial charge in [0.2, 0.25) is 0 Å². The summed E-state index contributed by atoms with van der Waals surface area (Å²) in [6, 6.07) is 7.39. The third kappa shape index (κ3) is 2.81. The number of aromatic amines is 1. The van der Waals surface area contributed by atoms with Crippen molar-refractivity contribution < 1.29 is 14.3 Å². The van der Waals surface area contributed by atoms with Gasteiger partial charge in [-0.25, -0.2) is 9.78 Å². The first kappa shape index (κ1) is 16.6. The summed E-state index contributed by atoms with van der Waals surface area (Å²) in [5.74, 6) is -0.408. The molecule has 2 aromatic heterocycles. The molecule has 3 aromatic rings. The zero-order valence-electron chi connectivity index (χ0n) is 14.7. The van der Waals surface area contributed by atoms with Crippen molar-refractivity contribution in [2.75, 3.05) is 19.7 Å². The smallest absolute Gasteiger partial charge is 0.356 e. The van der Waals surface area contributed by atoms with Gasteiger partial charge in [-0.1, -0.05) is 6.07 Å². The van der Waals surface area contributed by atoms with E-state index in [-0.39, 0.29) is 11.6 Å². The molecular formula is C20H21N3O3. The van der Waals surface area contributed by atoms with Gasteiger partial charge in [0.25, 0.3) is 5.91 Å². The van der Waals surface area contributed by atoms with E-state index in [9.17, 15) is 9.59 Å². The molecule has 0 saturated carbocycles. The van der Waals surface area contributed by atoms with Crippen molar-refractivity contribution in [3.63, 3.8) is 0 Å². The molecule has 0 spiro atoms. The summed E-state index contributed by atoms with van der Waals surface area (Å²) in [5, 5.41) is 1.66. The molecule has 3 heterocycles. The number of hydrogen-bond donors (Lipinski definition) is 1. The Morgan fingerprint density at radius 2 is 2.00 bits per heavy atom. The van der Waals surface area contributed by atoms with Gasteiger partial charge < -0.3 is 14.6 Å². The summed E-state index contributed by atoms with van der Waals surface area (Å²) in [6.07, 6.45) is 4.89. The Hall–Kier alpha value is -2.89. The first-order valence-electron chi connectivity index (χ1n) is 9.06. The number of piperidine rings is 1. The number of nitrogens with one attached hydrogen (secondary N) is 1. The molecule has 1 saturated heterocycles. The number of esters is 1. The van der Waals surface area contributed by atoms with Crippen LogP contribution in [0.15, 0.2) is 30.5 Å². The highest BCUT2D eigenvalue weighted by atomic mass is 16.5. The number of aromatic nitrogens is 2. The molecule has 1 amide bonds. The summed E-state index contributed by atoms with van der Waals surface area (Å²) >= 11 is 0. The molecule has 6 nitrogen and oxygen atoms in total. The number of amides is 1. The molecule has 4 rings (SSSR count). The van der Waals surface area contributed by atoms with Crippen molar-refractivity contribution in [3.05, 3.63) is 41.7 Å². The monoisotopic (exact) mass is 351 g/mol. The Balaban J connectivity index is 1.85. The van der Waals surface area contributed by atoms with Crippen LogP contribution in [-0.2, 0) is 4.74 Å². The third-order valence-electron chi connectivity index (χ3n) is 4.87. The molecule has 1 aromatic carbocycles. The van der Waals surface area contributed by atoms with Crippen LogP contribution in [0.4, 0.5) is 0 Å². The molecule has 0 unspecified atom stereocenters. The quantitative estimate of drug-likeness (QED) is 0.733. The number of ether oxygens (including phenoxy) is 1. The highest BCUT2D eigenvalue weighted by molar-refractivity contribution is 6.18. The molecule has 0 radical (unpaired) electrons. The van der Waals surface area contributed by atoms with Crippen LogP contribution >= 0.6 is 0 Å². The molecule has 1 aliphatic rings. The van der Waals surface area contributed by atoms with Crippen LogP contribution < -0.4 is 0 Å². The van der Waals surface area contributed by atoms with E-state index in [0.29, 0.717) is 12.2 Å². The maximum Gasteiger partial charge on any atom is 0.356 e. The van der Waals surface area contributed by atoms with Crippen LogP contribution in [0.1, 0.15) is 47.0 Å². The van der Waals surface area contributed by atoms with Crippen LogP contribution in [0.25, 0.3) is 21.8 Å². The van der Waals surface area contributed by atoms with Crippen molar-refractivity contribution in [3.8, 4) is 0 Å². The maximum absolute atomic E-state index is 13.1. The Morgan fingerprint density at radius 3 is 2.77 bits per heavy atom. The minimum Gasteiger partial charge on any atom is -0.461 e. The molecular weight excluding hydrogens is 330 g/mol. The van der Waals surface area contributed by atoms with Crippen LogP contribution in [0.5, 0.6) is 0 Å². The first-order valence-corrected chi connectivity index (χ1v) is 9.06. The van der Waals surface area contributed by atoms with Crippen molar-refractivity contribution in [1.29, 1.82) is 0 Å². The zero-order chi connectivity index (χ0) is 18.1. The fourth-order valence-electron chi connectivity index (χ4n) is 3.62. The molecule has 1 N–H and O–H groups in total. The number of hydrogen-bond acceptors (Lipinski definition) is 4. The lowest BCUT2D eigenvalue weighted by atomic mass is 10.0. The Kier molecular flexibility index (Phi) is 4.32. The number of rotatable bonds is 3. The SMILES string of the molecule is CCOC(=O)c1cc2c(cn1)[nH]c1cccc(C(=O)N3CCCCC3)c12. The number of carbonyl (C=O) groups is 2. The number of pyridine rings is 1. The molecule has 1 aliphatic heterocycles. The molecule has 0 bridgehead atoms. The van der Waals surface area contributed by atoms with Crippen molar-refractivity contribution in [2.24, 2.45) is 0 Å². The minimum atomic E-state index is -0.455. The van der Waals surface area contributed by atoms with E-state index in [1.165, 1.54) is 6.42 Å². The molecule has 26 heavy (non-hydrogen) atoms. The Labute approximate surface area is 151 Å². The molecule has 0 atom stereocenters. The first-order chi connectivity index (χ1) is 12.7. The normalized spacial score (nSPS) is 14.7. The van der Waals surface area contributed by atoms with Gasteiger partial charge in [-0.2, -0.15) is 0 Å². The molecule has 1 fully saturated rings. The van der Waals surface area contributed by atoms with Gasteiger partial charge in [0.1, 0.15) is 5.69 Å². The van der Waals surface area contributed by atoms with Crippen LogP contribution in [0.3, 0.4) is 0 Å². The number of likely N-dealkylation sites (tertiary alicyclic amines) is 1. The maximum atomic E-state index is 13.1. The van der Waals surface area contributed by atoms with Gasteiger partial charge in [0.05, 0.1) is 18.3 Å². The van der Waals surface area contributed by atoms with Crippen LogP contribution in [0, 0.1) is 0 Å². The fourth-order valence-corrected chi connectivity index (χ4v) is 3.62. The summed E-state index contributed by atoms with van der Waals surface area (Å²) in [4.78, 5) is 34.5. The average Bonchev–Trinajstić information content (AvgIpc) is 3.06. The second-order valence-electron chi connectivity index (χ2n) is 6.54. The standard InChI is InChI=1S/C20H21N3O3/c1-2-26-20(25)16-11-14-17(12-21-16)22-15-8-6-7-13(18(14)15)19(24)23-9-4-3-5-10-23/h6-8,11-12,22H,2-5,9-10H2,1H3. The number of H-pyrrole nitrogens is 1. The van der Waals surface area contributed by atoms with Crippen molar-refractivity contribution in [2.45, 2.75) is 26.2 Å². The number of benzene rings is 1. The Bertz CT molecular complexity index is 987. The average molecular weight is 351 g/mol. The lowest BCUT2D eigenvalue weighted by Crippen LogP contribution is -2.35. The van der Waals surface area contributed by atoms with E-state index in [1.807, 2.05) is 23.1 Å². The topological polar surface area (TPSA) is 75.3 Å². The minimum absolute atomic E-state index is 0.0469. The van der Waals surface area contributed by atoms with E-state index >= 15 is 0 Å². The summed E-state index contributed by atoms with van der Waals surface area (Å²) in [5.41, 5.74) is 2.58. The van der Waals surface area contributed by atoms with Gasteiger partial charge >= 0.3 is 5.97 Å². The predicted octanol–water partition coefficient (Wildman–Crippen LogP) is 3.52. The van der Waals surface area contributed by atoms with E-state index in [0.717, 1.165) is 47.7 Å². The van der Waals surface area contributed by atoms with Gasteiger partial charge in [0, 0.05) is 34.9 Å². The number of carbonyl (C=O) groups excluding carboxylic acids is 2. The number of fused-ring (bicyclic) bond motifs is 3. The fraction of sp³-hybridized carbons (Fsp3) is 0.350. The second-order valence-corrected chi connectivity index (χ2v) is 6.54. The van der Waals surface area contributed by atoms with Gasteiger partial charge in [-0.15, -0.1) is 0 Å². The molecule has 134 valence electrons. The summed E-state index contributed by atoms with van der Waals surface area (Å²) in [7, 11) is 0. The van der Waals surface area contributed by atoms with E-state index in [1.54, 1.807) is 19.2 Å². The highest BCUT2D eigenvalue weighted by Gasteiger charge is 2.22. The highest BCUT2D eigenvalue weighted by Crippen LogP contribution is 2.30. The third-order valence-corrected chi connectivity index (χ3v) is 4.87. The lowest BCUT2D eigenvalue weighted by Gasteiger charge is -2.27. The van der Waals surface area contributed by atoms with Gasteiger partial charge in [-0.05, 0) is 44.4 Å². The van der Waals surface area contributed by atoms with Crippen molar-refractivity contribution >= 4 is 33.7 Å².